The molecular formula is C26H21F3N4O2S. The molecule has 10 heteroatoms. The maximum absolute atomic E-state index is 13.2. The van der Waals surface area contributed by atoms with Gasteiger partial charge in [-0.2, -0.15) is 18.3 Å². The Kier molecular flexibility index (Phi) is 7.54. The third-order valence-corrected chi connectivity index (χ3v) is 6.35. The first-order valence-corrected chi connectivity index (χ1v) is 11.8. The van der Waals surface area contributed by atoms with E-state index in [-0.39, 0.29) is 18.0 Å². The number of anilines is 2. The minimum Gasteiger partial charge on any atom is -0.326 e. The molecule has 1 N–H and O–H groups in total. The van der Waals surface area contributed by atoms with Crippen molar-refractivity contribution in [3.05, 3.63) is 95.6 Å². The summed E-state index contributed by atoms with van der Waals surface area (Å²) in [6, 6.07) is 20.8. The van der Waals surface area contributed by atoms with Gasteiger partial charge < -0.3 is 5.32 Å². The Hall–Kier alpha value is -3.92. The molecule has 1 fully saturated rings. The molecule has 0 bridgehead atoms. The second kappa shape index (κ2) is 10.8. The summed E-state index contributed by atoms with van der Waals surface area (Å²) in [5.41, 5.74) is 1.64. The van der Waals surface area contributed by atoms with Crippen LogP contribution < -0.4 is 10.2 Å². The Morgan fingerprint density at radius 3 is 2.47 bits per heavy atom. The zero-order chi connectivity index (χ0) is 25.7. The van der Waals surface area contributed by atoms with E-state index in [1.165, 1.54) is 17.0 Å². The average molecular weight is 511 g/mol. The van der Waals surface area contributed by atoms with Gasteiger partial charge in [0.1, 0.15) is 5.25 Å². The molecule has 3 aromatic rings. The van der Waals surface area contributed by atoms with E-state index in [2.05, 4.69) is 15.5 Å². The fourth-order valence-corrected chi connectivity index (χ4v) is 4.52. The topological polar surface area (TPSA) is 74.1 Å². The first kappa shape index (κ1) is 25.2. The second-order valence-electron chi connectivity index (χ2n) is 7.98. The largest absolute Gasteiger partial charge is 0.416 e. The van der Waals surface area contributed by atoms with Crippen LogP contribution >= 0.6 is 11.8 Å². The van der Waals surface area contributed by atoms with Gasteiger partial charge in [0.2, 0.25) is 11.8 Å². The van der Waals surface area contributed by atoms with Gasteiger partial charge in [0, 0.05) is 12.1 Å². The first-order chi connectivity index (χ1) is 17.2. The van der Waals surface area contributed by atoms with E-state index in [0.29, 0.717) is 10.9 Å². The van der Waals surface area contributed by atoms with Crippen LogP contribution in [0.2, 0.25) is 0 Å². The van der Waals surface area contributed by atoms with Gasteiger partial charge in [0.05, 0.1) is 17.5 Å². The molecule has 6 nitrogen and oxygen atoms in total. The van der Waals surface area contributed by atoms with Crippen molar-refractivity contribution in [2.24, 2.45) is 10.2 Å². The number of hydrogen-bond acceptors (Lipinski definition) is 5. The normalized spacial score (nSPS) is 17.2. The third kappa shape index (κ3) is 6.19. The number of carbonyl (C=O) groups is 2. The molecule has 3 aromatic carbocycles. The summed E-state index contributed by atoms with van der Waals surface area (Å²) in [5.74, 6) is -0.952. The number of carbonyl (C=O) groups excluding carboxylic acids is 2. The quantitative estimate of drug-likeness (QED) is 0.332. The lowest BCUT2D eigenvalue weighted by Gasteiger charge is -2.15. The summed E-state index contributed by atoms with van der Waals surface area (Å²) in [6.45, 7) is 1.98. The highest BCUT2D eigenvalue weighted by Crippen LogP contribution is 2.34. The van der Waals surface area contributed by atoms with E-state index in [0.717, 1.165) is 35.0 Å². The van der Waals surface area contributed by atoms with E-state index in [4.69, 9.17) is 0 Å². The molecule has 0 saturated carbocycles. The number of amides is 2. The van der Waals surface area contributed by atoms with Gasteiger partial charge >= 0.3 is 6.18 Å². The first-order valence-electron chi connectivity index (χ1n) is 10.9. The minimum absolute atomic E-state index is 0.00164. The zero-order valence-electron chi connectivity index (χ0n) is 19.1. The molecule has 0 aromatic heterocycles. The summed E-state index contributed by atoms with van der Waals surface area (Å²) in [4.78, 5) is 27.2. The van der Waals surface area contributed by atoms with Gasteiger partial charge in [0.15, 0.2) is 5.17 Å². The number of aryl methyl sites for hydroxylation is 1. The maximum atomic E-state index is 13.2. The lowest BCUT2D eigenvalue weighted by atomic mass is 10.2. The van der Waals surface area contributed by atoms with Crippen molar-refractivity contribution in [2.75, 3.05) is 10.2 Å². The zero-order valence-corrected chi connectivity index (χ0v) is 19.9. The standard InChI is InChI=1S/C26H21F3N4O2S/c1-17-10-12-18(13-11-17)16-30-32-25-33(21-8-3-2-4-9-21)24(35)22(36-25)15-23(34)31-20-7-5-6-19(14-20)26(27,28)29/h2-14,16,22H,15H2,1H3,(H,31,34)/b30-16+,32-25-. The van der Waals surface area contributed by atoms with Gasteiger partial charge in [-0.25, -0.2) is 0 Å². The number of thioether (sulfide) groups is 1. The Balaban J connectivity index is 1.51. The summed E-state index contributed by atoms with van der Waals surface area (Å²) in [5, 5.41) is 10.3. The van der Waals surface area contributed by atoms with Crippen molar-refractivity contribution in [1.29, 1.82) is 0 Å². The maximum Gasteiger partial charge on any atom is 0.416 e. The number of nitrogens with zero attached hydrogens (tertiary/aromatic N) is 3. The molecule has 2 amide bonds. The van der Waals surface area contributed by atoms with Crippen molar-refractivity contribution in [3.8, 4) is 0 Å². The van der Waals surface area contributed by atoms with Crippen molar-refractivity contribution < 1.29 is 22.8 Å². The van der Waals surface area contributed by atoms with E-state index in [9.17, 15) is 22.8 Å². The number of amidine groups is 1. The van der Waals surface area contributed by atoms with Crippen LogP contribution in [-0.2, 0) is 15.8 Å². The predicted molar refractivity (Wildman–Crippen MR) is 136 cm³/mol. The fourth-order valence-electron chi connectivity index (χ4n) is 3.43. The molecular weight excluding hydrogens is 489 g/mol. The molecule has 1 heterocycles. The van der Waals surface area contributed by atoms with Gasteiger partial charge in [-0.15, -0.1) is 5.10 Å². The van der Waals surface area contributed by atoms with Gasteiger partial charge in [-0.05, 0) is 42.8 Å². The van der Waals surface area contributed by atoms with Crippen LogP contribution in [0.25, 0.3) is 0 Å². The number of benzene rings is 3. The van der Waals surface area contributed by atoms with E-state index in [1.54, 1.807) is 30.5 Å². The molecule has 1 unspecified atom stereocenters. The number of rotatable bonds is 6. The summed E-state index contributed by atoms with van der Waals surface area (Å²) < 4.78 is 38.9. The van der Waals surface area contributed by atoms with Crippen LogP contribution in [0.15, 0.2) is 89.1 Å². The minimum atomic E-state index is -4.53. The highest BCUT2D eigenvalue weighted by atomic mass is 32.2. The smallest absolute Gasteiger partial charge is 0.326 e. The van der Waals surface area contributed by atoms with E-state index >= 15 is 0 Å². The molecule has 4 rings (SSSR count). The molecule has 36 heavy (non-hydrogen) atoms. The Morgan fingerprint density at radius 2 is 1.78 bits per heavy atom. The SMILES string of the molecule is Cc1ccc(/C=N/N=C2\SC(CC(=O)Nc3cccc(C(F)(F)F)c3)C(=O)N2c2ccccc2)cc1. The number of alkyl halides is 3. The highest BCUT2D eigenvalue weighted by molar-refractivity contribution is 8.16. The molecule has 1 saturated heterocycles. The highest BCUT2D eigenvalue weighted by Gasteiger charge is 2.40. The van der Waals surface area contributed by atoms with E-state index in [1.807, 2.05) is 37.3 Å². The number of nitrogens with one attached hydrogen (secondary N) is 1. The van der Waals surface area contributed by atoms with Crippen molar-refractivity contribution >= 4 is 46.3 Å². The monoisotopic (exact) mass is 510 g/mol. The lowest BCUT2D eigenvalue weighted by molar-refractivity contribution is -0.137. The number of hydrogen-bond donors (Lipinski definition) is 1. The predicted octanol–water partition coefficient (Wildman–Crippen LogP) is 5.88. The summed E-state index contributed by atoms with van der Waals surface area (Å²) in [7, 11) is 0. The van der Waals surface area contributed by atoms with Gasteiger partial charge in [-0.1, -0.05) is 65.9 Å². The Morgan fingerprint density at radius 1 is 1.06 bits per heavy atom. The molecule has 0 spiro atoms. The molecule has 1 aliphatic rings. The Labute approximate surface area is 209 Å². The van der Waals surface area contributed by atoms with Crippen LogP contribution in [0.3, 0.4) is 0 Å². The van der Waals surface area contributed by atoms with Gasteiger partial charge in [-0.3, -0.25) is 14.5 Å². The second-order valence-corrected chi connectivity index (χ2v) is 9.15. The lowest BCUT2D eigenvalue weighted by Crippen LogP contribution is -2.33. The number of halogens is 3. The van der Waals surface area contributed by atoms with Gasteiger partial charge in [0.25, 0.3) is 0 Å². The van der Waals surface area contributed by atoms with Crippen LogP contribution in [0.4, 0.5) is 24.5 Å². The molecule has 1 atom stereocenters. The molecule has 0 radical (unpaired) electrons. The van der Waals surface area contributed by atoms with Crippen LogP contribution in [0.1, 0.15) is 23.1 Å². The molecule has 0 aliphatic carbocycles. The fraction of sp³-hybridized carbons (Fsp3) is 0.154. The van der Waals surface area contributed by atoms with Crippen molar-refractivity contribution in [3.63, 3.8) is 0 Å². The third-order valence-electron chi connectivity index (χ3n) is 5.22. The van der Waals surface area contributed by atoms with Crippen LogP contribution in [-0.4, -0.2) is 28.4 Å². The summed E-state index contributed by atoms with van der Waals surface area (Å²) >= 11 is 1.08. The van der Waals surface area contributed by atoms with Crippen molar-refractivity contribution in [2.45, 2.75) is 24.8 Å². The van der Waals surface area contributed by atoms with Crippen LogP contribution in [0.5, 0.6) is 0 Å². The Bertz CT molecular complexity index is 1310. The number of para-hydroxylation sites is 1. The molecule has 1 aliphatic heterocycles. The van der Waals surface area contributed by atoms with Crippen LogP contribution in [0, 0.1) is 6.92 Å². The van der Waals surface area contributed by atoms with Crippen molar-refractivity contribution in [1.82, 2.24) is 0 Å². The average Bonchev–Trinajstić information content (AvgIpc) is 3.15. The summed E-state index contributed by atoms with van der Waals surface area (Å²) in [6.07, 6.45) is -3.21. The molecule has 184 valence electrons. The van der Waals surface area contributed by atoms with E-state index < -0.39 is 22.9 Å².